The zero-order valence-electron chi connectivity index (χ0n) is 32.4. The van der Waals surface area contributed by atoms with Crippen molar-refractivity contribution in [3.05, 3.63) is 54.4 Å². The van der Waals surface area contributed by atoms with Crippen LogP contribution in [0.25, 0.3) is 21.6 Å². The number of carbonyl (C=O) groups excluding carboxylic acids is 5. The van der Waals surface area contributed by atoms with Crippen molar-refractivity contribution in [3.8, 4) is 16.5 Å². The number of ether oxygens (including phenoxy) is 4. The molecule has 2 aliphatic heterocycles. The summed E-state index contributed by atoms with van der Waals surface area (Å²) in [7, 11) is 0. The molecule has 6 rings (SSSR count). The Balaban J connectivity index is 1.27. The molecule has 3 aromatic rings. The molecule has 56 heavy (non-hydrogen) atoms. The molecule has 300 valence electrons. The normalized spacial score (nSPS) is 23.8. The number of alkyl carbamates (subject to hydrolysis) is 1. The van der Waals surface area contributed by atoms with E-state index in [4.69, 9.17) is 28.9 Å². The fraction of sp³-hybridized carbons (Fsp3) is 0.513. The molecule has 1 aliphatic carbocycles. The van der Waals surface area contributed by atoms with Crippen LogP contribution in [0.5, 0.6) is 5.88 Å². The van der Waals surface area contributed by atoms with Crippen LogP contribution < -0.4 is 26.2 Å². The van der Waals surface area contributed by atoms with E-state index in [2.05, 4.69) is 28.1 Å². The molecule has 0 unspecified atom stereocenters. The maximum absolute atomic E-state index is 14.6. The molecular formula is C39H49N7O9S. The van der Waals surface area contributed by atoms with Crippen LogP contribution in [0.3, 0.4) is 0 Å². The molecular weight excluding hydrogens is 743 g/mol. The van der Waals surface area contributed by atoms with Crippen molar-refractivity contribution in [1.29, 1.82) is 0 Å². The molecule has 4 N–H and O–H groups in total. The molecule has 2 aromatic heterocycles. The molecule has 6 atom stereocenters. The third-order valence-corrected chi connectivity index (χ3v) is 10.6. The van der Waals surface area contributed by atoms with Gasteiger partial charge in [-0.15, -0.1) is 17.9 Å². The minimum Gasteiger partial charge on any atom is -0.471 e. The molecule has 3 fully saturated rings. The van der Waals surface area contributed by atoms with Gasteiger partial charge in [0.1, 0.15) is 41.1 Å². The summed E-state index contributed by atoms with van der Waals surface area (Å²) in [4.78, 5) is 79.9. The van der Waals surface area contributed by atoms with Crippen molar-refractivity contribution in [1.82, 2.24) is 36.4 Å². The van der Waals surface area contributed by atoms with Crippen molar-refractivity contribution < 1.29 is 42.9 Å². The van der Waals surface area contributed by atoms with E-state index in [1.807, 2.05) is 41.8 Å². The van der Waals surface area contributed by atoms with Gasteiger partial charge < -0.3 is 34.5 Å². The van der Waals surface area contributed by atoms with Crippen LogP contribution in [-0.2, 0) is 28.6 Å². The molecule has 2 saturated heterocycles. The number of carbonyl (C=O) groups is 5. The predicted molar refractivity (Wildman–Crippen MR) is 206 cm³/mol. The molecule has 17 heteroatoms. The van der Waals surface area contributed by atoms with Crippen LogP contribution in [0.2, 0.25) is 0 Å². The lowest BCUT2D eigenvalue weighted by Gasteiger charge is -2.36. The van der Waals surface area contributed by atoms with Gasteiger partial charge in [-0.2, -0.15) is 0 Å². The van der Waals surface area contributed by atoms with Crippen LogP contribution >= 0.6 is 11.3 Å². The third-order valence-electron chi connectivity index (χ3n) is 9.68. The number of benzene rings is 1. The Labute approximate surface area is 329 Å². The largest absolute Gasteiger partial charge is 0.471 e. The van der Waals surface area contributed by atoms with Crippen LogP contribution in [0.15, 0.2) is 54.4 Å². The molecule has 1 aromatic carbocycles. The number of hydrazine groups is 1. The van der Waals surface area contributed by atoms with E-state index in [0.29, 0.717) is 29.8 Å². The fourth-order valence-corrected chi connectivity index (χ4v) is 7.46. The second kappa shape index (κ2) is 16.1. The first kappa shape index (κ1) is 40.4. The van der Waals surface area contributed by atoms with Crippen molar-refractivity contribution >= 4 is 52.3 Å². The highest BCUT2D eigenvalue weighted by molar-refractivity contribution is 7.13. The summed E-state index contributed by atoms with van der Waals surface area (Å²) in [6.45, 7) is 15.0. The van der Waals surface area contributed by atoms with Gasteiger partial charge in [-0.05, 0) is 56.2 Å². The third kappa shape index (κ3) is 9.21. The van der Waals surface area contributed by atoms with Gasteiger partial charge in [0.25, 0.3) is 5.91 Å². The minimum absolute atomic E-state index is 0.0176. The Kier molecular flexibility index (Phi) is 11.6. The average Bonchev–Trinajstić information content (AvgIpc) is 3.62. The van der Waals surface area contributed by atoms with Gasteiger partial charge >= 0.3 is 12.2 Å². The average molecular weight is 792 g/mol. The Morgan fingerprint density at radius 2 is 1.73 bits per heavy atom. The zero-order chi connectivity index (χ0) is 40.4. The fourth-order valence-electron chi connectivity index (χ4n) is 6.76. The highest BCUT2D eigenvalue weighted by atomic mass is 32.1. The van der Waals surface area contributed by atoms with Crippen molar-refractivity contribution in [2.75, 3.05) is 19.8 Å². The highest BCUT2D eigenvalue weighted by Gasteiger charge is 2.61. The van der Waals surface area contributed by atoms with Crippen molar-refractivity contribution in [2.45, 2.75) is 96.2 Å². The minimum atomic E-state index is -1.47. The van der Waals surface area contributed by atoms with Crippen LogP contribution in [0.4, 0.5) is 9.59 Å². The summed E-state index contributed by atoms with van der Waals surface area (Å²) < 4.78 is 22.5. The lowest BCUT2D eigenvalue weighted by Crippen LogP contribution is -2.61. The predicted octanol–water partition coefficient (Wildman–Crippen LogP) is 4.25. The van der Waals surface area contributed by atoms with Gasteiger partial charge in [0, 0.05) is 18.8 Å². The summed E-state index contributed by atoms with van der Waals surface area (Å²) >= 11 is 1.47. The number of aromatic nitrogens is 2. The smallest absolute Gasteiger partial charge is 0.426 e. The van der Waals surface area contributed by atoms with Crippen molar-refractivity contribution in [2.24, 2.45) is 11.3 Å². The van der Waals surface area contributed by atoms with E-state index in [1.165, 1.54) is 16.2 Å². The highest BCUT2D eigenvalue weighted by Crippen LogP contribution is 2.45. The van der Waals surface area contributed by atoms with E-state index in [0.717, 1.165) is 4.88 Å². The van der Waals surface area contributed by atoms with Gasteiger partial charge in [0.15, 0.2) is 0 Å². The number of rotatable bonds is 10. The van der Waals surface area contributed by atoms with Crippen LogP contribution in [-0.4, -0.2) is 100.0 Å². The number of para-hydroxylation sites is 2. The molecule has 0 spiro atoms. The second-order valence-corrected chi connectivity index (χ2v) is 17.2. The molecule has 16 nitrogen and oxygen atoms in total. The van der Waals surface area contributed by atoms with Gasteiger partial charge in [-0.3, -0.25) is 19.8 Å². The first-order valence-electron chi connectivity index (χ1n) is 18.5. The number of fused-ring (bicyclic) bond motifs is 1. The van der Waals surface area contributed by atoms with E-state index in [1.54, 1.807) is 47.6 Å². The quantitative estimate of drug-likeness (QED) is 0.169. The van der Waals surface area contributed by atoms with Gasteiger partial charge in [-0.25, -0.2) is 25.0 Å². The topological polar surface area (TPSA) is 199 Å². The first-order valence-corrected chi connectivity index (χ1v) is 19.4. The Morgan fingerprint density at radius 3 is 2.34 bits per heavy atom. The van der Waals surface area contributed by atoms with Gasteiger partial charge in [-0.1, -0.05) is 45.0 Å². The van der Waals surface area contributed by atoms with E-state index in [9.17, 15) is 24.0 Å². The molecule has 4 heterocycles. The Hall–Kier alpha value is -5.29. The Bertz CT molecular complexity index is 1970. The zero-order valence-corrected chi connectivity index (χ0v) is 33.2. The maximum atomic E-state index is 14.6. The number of amides is 5. The standard InChI is InChI=1S/C39H49N7O9S/c1-8-22-19-39(22,34(49)44-45-36(51)54-23-15-16-52-21-23)43-31(47)27-18-24(20-46(27)33(48)30(37(2,3)4)42-35(50)55-38(5,6)7)53-32-29(28-14-11-17-56-28)40-25-12-9-10-13-26(25)41-32/h8-14,17,22-24,27,30H,1,15-16,18-21H2,2-7H3,(H,42,50)(H,43,47)(H,44,49)(H,45,51)/t22-,23+,24-,27+,30-,39+/m1/s1. The number of nitrogens with zero attached hydrogens (tertiary/aromatic N) is 3. The lowest BCUT2D eigenvalue weighted by atomic mass is 9.85. The maximum Gasteiger partial charge on any atom is 0.426 e. The van der Waals surface area contributed by atoms with Crippen LogP contribution in [0, 0.1) is 11.3 Å². The molecule has 3 aliphatic rings. The van der Waals surface area contributed by atoms with Crippen molar-refractivity contribution in [3.63, 3.8) is 0 Å². The molecule has 0 radical (unpaired) electrons. The number of hydrogen-bond acceptors (Lipinski definition) is 12. The van der Waals surface area contributed by atoms with E-state index < -0.39 is 76.7 Å². The molecule has 5 amide bonds. The second-order valence-electron chi connectivity index (χ2n) is 16.2. The Morgan fingerprint density at radius 1 is 1.00 bits per heavy atom. The first-order chi connectivity index (χ1) is 26.5. The SMILES string of the molecule is C=C[C@@H]1C[C@@]1(NC(=O)[C@@H]1C[C@@H](Oc2nc3ccccc3nc2-c2cccs2)CN1C(=O)[C@@H](NC(=O)OC(C)(C)C)C(C)(C)C)C(=O)NNC(=O)O[C@H]1CCOC1. The number of hydrogen-bond donors (Lipinski definition) is 4. The summed E-state index contributed by atoms with van der Waals surface area (Å²) in [5.41, 5.74) is 3.28. The van der Waals surface area contributed by atoms with E-state index in [-0.39, 0.29) is 31.9 Å². The number of nitrogens with one attached hydrogen (secondary N) is 4. The number of thiophene rings is 1. The van der Waals surface area contributed by atoms with Gasteiger partial charge in [0.05, 0.1) is 35.7 Å². The van der Waals surface area contributed by atoms with Crippen LogP contribution in [0.1, 0.15) is 60.8 Å². The summed E-state index contributed by atoms with van der Waals surface area (Å²) in [5, 5.41) is 7.51. The van der Waals surface area contributed by atoms with E-state index >= 15 is 0 Å². The van der Waals surface area contributed by atoms with Gasteiger partial charge in [0.2, 0.25) is 17.7 Å². The summed E-state index contributed by atoms with van der Waals surface area (Å²) in [5.74, 6) is -2.11. The summed E-state index contributed by atoms with van der Waals surface area (Å²) in [6.07, 6.45) is -0.556. The summed E-state index contributed by atoms with van der Waals surface area (Å²) in [6, 6.07) is 8.92. The molecule has 0 bridgehead atoms. The monoisotopic (exact) mass is 791 g/mol. The number of likely N-dealkylation sites (tertiary alicyclic amines) is 1. The molecule has 1 saturated carbocycles. The lowest BCUT2D eigenvalue weighted by molar-refractivity contribution is -0.143.